The van der Waals surface area contributed by atoms with Crippen molar-refractivity contribution in [1.82, 2.24) is 0 Å². The molecule has 0 unspecified atom stereocenters. The average molecular weight is 801 g/mol. The zero-order valence-corrected chi connectivity index (χ0v) is 38.8. The summed E-state index contributed by atoms with van der Waals surface area (Å²) in [4.78, 5) is 4.97. The van der Waals surface area contributed by atoms with E-state index in [1.165, 1.54) is 65.8 Å². The summed E-state index contributed by atoms with van der Waals surface area (Å²) < 4.78 is 0. The van der Waals surface area contributed by atoms with Gasteiger partial charge in [0.1, 0.15) is 0 Å². The number of aryl methyl sites for hydroxylation is 1. The van der Waals surface area contributed by atoms with E-state index in [9.17, 15) is 0 Å². The molecule has 0 bridgehead atoms. The maximum Gasteiger partial charge on any atom is 0.0546 e. The van der Waals surface area contributed by atoms with E-state index >= 15 is 0 Å². The Balaban J connectivity index is 1.44. The molecule has 0 atom stereocenters. The van der Waals surface area contributed by atoms with Crippen LogP contribution in [0.15, 0.2) is 152 Å². The topological polar surface area (TPSA) is 6.48 Å². The van der Waals surface area contributed by atoms with Gasteiger partial charge in [0.25, 0.3) is 0 Å². The van der Waals surface area contributed by atoms with Gasteiger partial charge in [-0.1, -0.05) is 180 Å². The van der Waals surface area contributed by atoms with E-state index in [0.717, 1.165) is 28.4 Å². The largest absolute Gasteiger partial charge is 0.310 e. The zero-order valence-electron chi connectivity index (χ0n) is 38.8. The van der Waals surface area contributed by atoms with E-state index in [1.54, 1.807) is 0 Å². The Morgan fingerprint density at radius 1 is 0.311 bits per heavy atom. The van der Waals surface area contributed by atoms with Crippen molar-refractivity contribution in [3.8, 4) is 0 Å². The van der Waals surface area contributed by atoms with Gasteiger partial charge >= 0.3 is 0 Å². The molecule has 8 aromatic carbocycles. The summed E-state index contributed by atoms with van der Waals surface area (Å²) >= 11 is 0. The number of fused-ring (bicyclic) bond motifs is 5. The van der Waals surface area contributed by atoms with Crippen LogP contribution in [0.1, 0.15) is 111 Å². The van der Waals surface area contributed by atoms with Crippen molar-refractivity contribution < 1.29 is 0 Å². The van der Waals surface area contributed by atoms with Crippen LogP contribution in [0.4, 0.5) is 34.1 Å². The number of benzene rings is 8. The molecule has 0 saturated carbocycles. The van der Waals surface area contributed by atoms with E-state index in [1.807, 2.05) is 0 Å². The van der Waals surface area contributed by atoms with Crippen molar-refractivity contribution in [2.45, 2.75) is 112 Å². The van der Waals surface area contributed by atoms with Crippen LogP contribution in [0, 0.1) is 6.92 Å². The number of hydrogen-bond donors (Lipinski definition) is 0. The Kier molecular flexibility index (Phi) is 10.5. The van der Waals surface area contributed by atoms with Gasteiger partial charge in [-0.05, 0) is 133 Å². The van der Waals surface area contributed by atoms with Gasteiger partial charge in [-0.15, -0.1) is 0 Å². The molecule has 0 heterocycles. The maximum absolute atomic E-state index is 2.50. The van der Waals surface area contributed by atoms with Gasteiger partial charge in [-0.3, -0.25) is 0 Å². The molecule has 0 radical (unpaired) electrons. The van der Waals surface area contributed by atoms with Crippen molar-refractivity contribution in [2.24, 2.45) is 0 Å². The first-order valence-electron chi connectivity index (χ1n) is 22.1. The highest BCUT2D eigenvalue weighted by Crippen LogP contribution is 2.49. The summed E-state index contributed by atoms with van der Waals surface area (Å²) in [6.07, 6.45) is 0. The molecule has 61 heavy (non-hydrogen) atoms. The Morgan fingerprint density at radius 3 is 1.00 bits per heavy atom. The highest BCUT2D eigenvalue weighted by Gasteiger charge is 2.25. The maximum atomic E-state index is 2.50. The Labute approximate surface area is 365 Å². The van der Waals surface area contributed by atoms with Crippen LogP contribution in [0.5, 0.6) is 0 Å². The fraction of sp³-hybridized carbons (Fsp3) is 0.288. The zero-order chi connectivity index (χ0) is 43.6. The molecule has 0 aromatic heterocycles. The van der Waals surface area contributed by atoms with Crippen molar-refractivity contribution in [3.05, 3.63) is 179 Å². The Morgan fingerprint density at radius 2 is 0.639 bits per heavy atom. The first-order valence-corrected chi connectivity index (χ1v) is 22.1. The second-order valence-electron chi connectivity index (χ2n) is 21.3. The molecule has 8 rings (SSSR count). The molecule has 0 amide bonds. The van der Waals surface area contributed by atoms with Gasteiger partial charge in [0, 0.05) is 33.5 Å². The summed E-state index contributed by atoms with van der Waals surface area (Å²) in [5.41, 5.74) is 13.7. The molecule has 0 aliphatic carbocycles. The van der Waals surface area contributed by atoms with E-state index in [-0.39, 0.29) is 21.7 Å². The van der Waals surface area contributed by atoms with Gasteiger partial charge in [0.05, 0.1) is 11.4 Å². The smallest absolute Gasteiger partial charge is 0.0546 e. The third-order valence-corrected chi connectivity index (χ3v) is 12.6. The summed E-state index contributed by atoms with van der Waals surface area (Å²) in [5.74, 6) is 0. The lowest BCUT2D eigenvalue weighted by Crippen LogP contribution is -2.16. The molecule has 0 N–H and O–H groups in total. The monoisotopic (exact) mass is 801 g/mol. The second-order valence-corrected chi connectivity index (χ2v) is 21.3. The predicted octanol–water partition coefficient (Wildman–Crippen LogP) is 17.6. The Hall–Kier alpha value is -5.86. The second kappa shape index (κ2) is 15.2. The van der Waals surface area contributed by atoms with Gasteiger partial charge in [0.2, 0.25) is 0 Å². The van der Waals surface area contributed by atoms with E-state index in [0.29, 0.717) is 0 Å². The molecule has 0 fully saturated rings. The number of nitrogens with zero attached hydrogens (tertiary/aromatic N) is 2. The molecule has 0 spiro atoms. The highest BCUT2D eigenvalue weighted by molar-refractivity contribution is 6.26. The standard InChI is InChI=1S/C59H64N2/c1-39-36-44(59(11,12)13)28-35-52(39)61(47-33-26-43(27-34-47)58(8,9)10)54-38-40-37-53(48-18-14-16-20-50(48)55(40)51-21-17-15-19-49(51)54)60(45-29-22-41(23-30-45)56(2,3)4)46-31-24-42(25-32-46)57(5,6)7/h14-38H,1-13H3. The van der Waals surface area contributed by atoms with E-state index in [2.05, 4.69) is 251 Å². The molecule has 310 valence electrons. The SMILES string of the molecule is Cc1cc(C(C)(C)C)ccc1N(c1ccc(C(C)(C)C)cc1)c1cc2cc(N(c3ccc(C(C)(C)C)cc3)c3ccc(C(C)(C)C)cc3)c3ccccc3c2c2ccccc12. The van der Waals surface area contributed by atoms with Gasteiger partial charge < -0.3 is 9.80 Å². The quantitative estimate of drug-likeness (QED) is 0.155. The fourth-order valence-electron chi connectivity index (χ4n) is 8.85. The van der Waals surface area contributed by atoms with Crippen LogP contribution in [-0.4, -0.2) is 0 Å². The van der Waals surface area contributed by atoms with Crippen LogP contribution in [0.3, 0.4) is 0 Å². The number of rotatable bonds is 6. The van der Waals surface area contributed by atoms with E-state index in [4.69, 9.17) is 0 Å². The third kappa shape index (κ3) is 8.06. The van der Waals surface area contributed by atoms with Crippen molar-refractivity contribution in [3.63, 3.8) is 0 Å². The molecule has 0 aliphatic rings. The molecular weight excluding hydrogens is 737 g/mol. The first kappa shape index (κ1) is 41.9. The lowest BCUT2D eigenvalue weighted by atomic mass is 9.85. The van der Waals surface area contributed by atoms with Gasteiger partial charge in [-0.2, -0.15) is 0 Å². The molecular formula is C59H64N2. The highest BCUT2D eigenvalue weighted by atomic mass is 15.2. The lowest BCUT2D eigenvalue weighted by molar-refractivity contribution is 0.589. The molecule has 2 nitrogen and oxygen atoms in total. The lowest BCUT2D eigenvalue weighted by Gasteiger charge is -2.32. The summed E-state index contributed by atoms with van der Waals surface area (Å²) in [7, 11) is 0. The fourth-order valence-corrected chi connectivity index (χ4v) is 8.85. The first-order chi connectivity index (χ1) is 28.7. The minimum atomic E-state index is 0.0432. The number of anilines is 6. The predicted molar refractivity (Wildman–Crippen MR) is 268 cm³/mol. The Bertz CT molecular complexity index is 2810. The van der Waals surface area contributed by atoms with E-state index < -0.39 is 0 Å². The normalized spacial score (nSPS) is 12.7. The minimum absolute atomic E-state index is 0.0432. The van der Waals surface area contributed by atoms with Crippen LogP contribution in [-0.2, 0) is 21.7 Å². The van der Waals surface area contributed by atoms with Crippen molar-refractivity contribution in [1.29, 1.82) is 0 Å². The van der Waals surface area contributed by atoms with Crippen molar-refractivity contribution >= 4 is 66.4 Å². The molecule has 0 aliphatic heterocycles. The summed E-state index contributed by atoms with van der Waals surface area (Å²) in [6, 6.07) is 57.6. The van der Waals surface area contributed by atoms with Gasteiger partial charge in [-0.25, -0.2) is 0 Å². The summed E-state index contributed by atoms with van der Waals surface area (Å²) in [5, 5.41) is 7.40. The summed E-state index contributed by atoms with van der Waals surface area (Å²) in [6.45, 7) is 29.7. The molecule has 2 heteroatoms. The van der Waals surface area contributed by atoms with Crippen molar-refractivity contribution in [2.75, 3.05) is 9.80 Å². The average Bonchev–Trinajstić information content (AvgIpc) is 3.21. The van der Waals surface area contributed by atoms with Crippen LogP contribution >= 0.6 is 0 Å². The number of hydrogen-bond acceptors (Lipinski definition) is 2. The third-order valence-electron chi connectivity index (χ3n) is 12.6. The van der Waals surface area contributed by atoms with Crippen LogP contribution < -0.4 is 9.80 Å². The molecule has 8 aromatic rings. The molecule has 0 saturated heterocycles. The van der Waals surface area contributed by atoms with Gasteiger partial charge in [0.15, 0.2) is 0 Å². The van der Waals surface area contributed by atoms with Crippen LogP contribution in [0.25, 0.3) is 32.3 Å². The minimum Gasteiger partial charge on any atom is -0.310 e. The van der Waals surface area contributed by atoms with Crippen LogP contribution in [0.2, 0.25) is 0 Å².